The Labute approximate surface area is 282 Å². The fraction of sp³-hybridized carbons (Fsp3) is 0.314. The number of nitrogens with zero attached hydrogens (tertiary/aromatic N) is 2. The van der Waals surface area contributed by atoms with Crippen LogP contribution in [0, 0.1) is 11.7 Å². The quantitative estimate of drug-likeness (QED) is 0.177. The first-order chi connectivity index (χ1) is 23.3. The van der Waals surface area contributed by atoms with Crippen molar-refractivity contribution >= 4 is 50.0 Å². The summed E-state index contributed by atoms with van der Waals surface area (Å²) in [5, 5.41) is 13.9. The van der Waals surface area contributed by atoms with Crippen molar-refractivity contribution in [3.8, 4) is 5.75 Å². The summed E-state index contributed by atoms with van der Waals surface area (Å²) in [5.41, 5.74) is 6.28. The number of esters is 1. The number of methoxy groups -OCH3 is 1. The number of fused-ring (bicyclic) bond motifs is 1. The predicted octanol–water partition coefficient (Wildman–Crippen LogP) is 5.15. The number of anilines is 2. The number of pyridine rings is 1. The van der Waals surface area contributed by atoms with E-state index in [2.05, 4.69) is 10.3 Å². The number of sulfone groups is 1. The molecule has 0 radical (unpaired) electrons. The number of likely N-dealkylation sites (tertiary alicyclic amines) is 1. The zero-order valence-corrected chi connectivity index (χ0v) is 28.2. The number of aliphatic carboxylic acids is 1. The number of rotatable bonds is 11. The van der Waals surface area contributed by atoms with Crippen LogP contribution in [0.25, 0.3) is 10.8 Å². The molecule has 0 saturated carbocycles. The van der Waals surface area contributed by atoms with Gasteiger partial charge in [-0.15, -0.1) is 0 Å². The van der Waals surface area contributed by atoms with Crippen LogP contribution in [0.1, 0.15) is 60.8 Å². The Kier molecular flexibility index (Phi) is 10.1. The van der Waals surface area contributed by atoms with Gasteiger partial charge in [-0.2, -0.15) is 0 Å². The van der Waals surface area contributed by atoms with E-state index in [0.717, 1.165) is 7.11 Å². The molecule has 1 fully saturated rings. The number of hydrogen-bond donors (Lipinski definition) is 3. The minimum atomic E-state index is -4.05. The molecule has 3 aromatic carbocycles. The van der Waals surface area contributed by atoms with Gasteiger partial charge >= 0.3 is 11.9 Å². The van der Waals surface area contributed by atoms with Crippen molar-refractivity contribution in [2.75, 3.05) is 31.3 Å². The number of carboxylic acid groups (broad SMARTS) is 1. The molecule has 14 heteroatoms. The van der Waals surface area contributed by atoms with Crippen LogP contribution < -0.4 is 15.8 Å². The van der Waals surface area contributed by atoms with Gasteiger partial charge in [0.1, 0.15) is 23.4 Å². The summed E-state index contributed by atoms with van der Waals surface area (Å²) in [6, 6.07) is 11.8. The number of carbonyl (C=O) groups excluding carboxylic acids is 2. The summed E-state index contributed by atoms with van der Waals surface area (Å²) in [4.78, 5) is 45.2. The SMILES string of the molecule is CCOc1ccc(F)c([C@H](Nc2ccc3c(N)nccc3c2)C(=O)N2CC[C@@H](C(=O)O)[C@H]2c2cc(C(=O)OC)ccc2S(=O)(=O)C(C)C)c1. The second-order valence-electron chi connectivity index (χ2n) is 11.9. The molecule has 3 atom stereocenters. The largest absolute Gasteiger partial charge is 0.494 e. The van der Waals surface area contributed by atoms with Crippen LogP contribution in [0.4, 0.5) is 15.9 Å². The third-order valence-electron chi connectivity index (χ3n) is 8.62. The number of carbonyl (C=O) groups is 3. The number of nitrogens with one attached hydrogen (secondary N) is 1. The van der Waals surface area contributed by atoms with Crippen LogP contribution in [0.3, 0.4) is 0 Å². The van der Waals surface area contributed by atoms with Gasteiger partial charge in [-0.25, -0.2) is 22.6 Å². The van der Waals surface area contributed by atoms with Crippen molar-refractivity contribution in [2.45, 2.75) is 49.4 Å². The third-order valence-corrected chi connectivity index (χ3v) is 10.8. The van der Waals surface area contributed by atoms with E-state index in [1.807, 2.05) is 0 Å². The van der Waals surface area contributed by atoms with Crippen molar-refractivity contribution in [3.63, 3.8) is 0 Å². The molecular formula is C35H37FN4O8S. The highest BCUT2D eigenvalue weighted by atomic mass is 32.2. The second kappa shape index (κ2) is 14.1. The van der Waals surface area contributed by atoms with Crippen molar-refractivity contribution in [1.82, 2.24) is 9.88 Å². The fourth-order valence-electron chi connectivity index (χ4n) is 6.12. The molecule has 1 saturated heterocycles. The van der Waals surface area contributed by atoms with E-state index in [0.29, 0.717) is 28.0 Å². The Hall–Kier alpha value is -5.24. The number of ether oxygens (including phenoxy) is 2. The summed E-state index contributed by atoms with van der Waals surface area (Å²) >= 11 is 0. The van der Waals surface area contributed by atoms with E-state index in [1.165, 1.54) is 61.3 Å². The summed E-state index contributed by atoms with van der Waals surface area (Å²) in [5.74, 6) is -4.17. The normalized spacial score (nSPS) is 16.8. The van der Waals surface area contributed by atoms with E-state index in [4.69, 9.17) is 15.2 Å². The Balaban J connectivity index is 1.69. The molecule has 12 nitrogen and oxygen atoms in total. The van der Waals surface area contributed by atoms with Crippen molar-refractivity contribution in [3.05, 3.63) is 89.4 Å². The van der Waals surface area contributed by atoms with Gasteiger partial charge in [0.05, 0.1) is 41.4 Å². The average Bonchev–Trinajstić information content (AvgIpc) is 3.53. The Morgan fingerprint density at radius 2 is 1.86 bits per heavy atom. The third kappa shape index (κ3) is 6.86. The number of benzene rings is 3. The molecule has 2 heterocycles. The maximum absolute atomic E-state index is 15.7. The first-order valence-electron chi connectivity index (χ1n) is 15.6. The number of aromatic nitrogens is 1. The van der Waals surface area contributed by atoms with Crippen LogP contribution >= 0.6 is 0 Å². The molecule has 0 spiro atoms. The van der Waals surface area contributed by atoms with Crippen LogP contribution in [0.15, 0.2) is 71.8 Å². The van der Waals surface area contributed by atoms with Crippen LogP contribution in [0.5, 0.6) is 5.75 Å². The number of amides is 1. The lowest BCUT2D eigenvalue weighted by Gasteiger charge is -2.33. The first kappa shape index (κ1) is 35.1. The average molecular weight is 693 g/mol. The molecule has 0 unspecified atom stereocenters. The van der Waals surface area contributed by atoms with E-state index in [-0.39, 0.29) is 41.2 Å². The summed E-state index contributed by atoms with van der Waals surface area (Å²) in [6.07, 6.45) is 1.49. The smallest absolute Gasteiger partial charge is 0.337 e. The van der Waals surface area contributed by atoms with Crippen LogP contribution in [-0.2, 0) is 24.2 Å². The van der Waals surface area contributed by atoms with Gasteiger partial charge in [0.25, 0.3) is 0 Å². The number of hydrogen-bond acceptors (Lipinski definition) is 10. The molecule has 0 bridgehead atoms. The Bertz CT molecular complexity index is 2040. The molecule has 0 aliphatic carbocycles. The highest BCUT2D eigenvalue weighted by Gasteiger charge is 2.46. The molecule has 4 N–H and O–H groups in total. The predicted molar refractivity (Wildman–Crippen MR) is 180 cm³/mol. The second-order valence-corrected chi connectivity index (χ2v) is 14.3. The standard InChI is InChI=1S/C35H37FN4O8S/c1-5-48-23-8-10-28(36)26(18-23)30(39-22-7-9-24-20(16-22)12-14-38-32(24)37)33(41)40-15-13-25(34(42)43)31(40)27-17-21(35(44)47-4)6-11-29(27)49(45,46)19(2)3/h6-12,14,16-19,25,30-31,39H,5,13,15H2,1-4H3,(H2,37,38)(H,42,43)/t25-,30+,31+/m1/s1. The monoisotopic (exact) mass is 692 g/mol. The summed E-state index contributed by atoms with van der Waals surface area (Å²) in [6.45, 7) is 4.87. The lowest BCUT2D eigenvalue weighted by atomic mass is 9.92. The molecular weight excluding hydrogens is 655 g/mol. The summed E-state index contributed by atoms with van der Waals surface area (Å²) < 4.78 is 53.4. The molecule has 1 aromatic heterocycles. The molecule has 1 aliphatic heterocycles. The van der Waals surface area contributed by atoms with Gasteiger partial charge in [0, 0.05) is 29.4 Å². The summed E-state index contributed by atoms with van der Waals surface area (Å²) in [7, 11) is -2.89. The van der Waals surface area contributed by atoms with E-state index < -0.39 is 56.8 Å². The van der Waals surface area contributed by atoms with Gasteiger partial charge in [0.15, 0.2) is 9.84 Å². The van der Waals surface area contributed by atoms with Crippen molar-refractivity contribution < 1.29 is 41.8 Å². The fourth-order valence-corrected chi connectivity index (χ4v) is 7.39. The molecule has 1 amide bonds. The molecule has 5 rings (SSSR count). The van der Waals surface area contributed by atoms with Crippen LogP contribution in [0.2, 0.25) is 0 Å². The maximum Gasteiger partial charge on any atom is 0.337 e. The molecule has 49 heavy (non-hydrogen) atoms. The molecule has 258 valence electrons. The lowest BCUT2D eigenvalue weighted by molar-refractivity contribution is -0.143. The zero-order valence-electron chi connectivity index (χ0n) is 27.3. The van der Waals surface area contributed by atoms with Gasteiger partial charge in [-0.05, 0) is 98.8 Å². The topological polar surface area (TPSA) is 178 Å². The number of carboxylic acids is 1. The van der Waals surface area contributed by atoms with E-state index in [1.54, 1.807) is 31.2 Å². The highest BCUT2D eigenvalue weighted by molar-refractivity contribution is 7.92. The maximum atomic E-state index is 15.7. The van der Waals surface area contributed by atoms with Crippen molar-refractivity contribution in [2.24, 2.45) is 5.92 Å². The van der Waals surface area contributed by atoms with Gasteiger partial charge in [0.2, 0.25) is 5.91 Å². The van der Waals surface area contributed by atoms with Gasteiger partial charge in [-0.3, -0.25) is 9.59 Å². The minimum absolute atomic E-state index is 0.0290. The molecule has 1 aliphatic rings. The molecule has 4 aromatic rings. The number of nitrogen functional groups attached to an aromatic ring is 1. The number of halogens is 1. The Morgan fingerprint density at radius 1 is 1.10 bits per heavy atom. The highest BCUT2D eigenvalue weighted by Crippen LogP contribution is 2.43. The van der Waals surface area contributed by atoms with Crippen LogP contribution in [-0.4, -0.2) is 66.8 Å². The van der Waals surface area contributed by atoms with Gasteiger partial charge in [-0.1, -0.05) is 0 Å². The zero-order chi connectivity index (χ0) is 35.6. The van der Waals surface area contributed by atoms with Crippen molar-refractivity contribution in [1.29, 1.82) is 0 Å². The van der Waals surface area contributed by atoms with E-state index in [9.17, 15) is 27.9 Å². The number of nitrogens with two attached hydrogens (primary N) is 1. The minimum Gasteiger partial charge on any atom is -0.494 e. The Morgan fingerprint density at radius 3 is 2.53 bits per heavy atom. The van der Waals surface area contributed by atoms with E-state index >= 15 is 4.39 Å². The first-order valence-corrected chi connectivity index (χ1v) is 17.2. The van der Waals surface area contributed by atoms with Gasteiger partial charge < -0.3 is 30.5 Å². The lowest BCUT2D eigenvalue weighted by Crippen LogP contribution is -2.40.